The highest BCUT2D eigenvalue weighted by atomic mass is 79.9. The average molecular weight is 442 g/mol. The normalized spacial score (nSPS) is 14.6. The van der Waals surface area contributed by atoms with Crippen LogP contribution in [-0.4, -0.2) is 16.7 Å². The third kappa shape index (κ3) is 3.85. The monoisotopic (exact) mass is 441 g/mol. The topological polar surface area (TPSA) is 84.6 Å². The number of amides is 1. The molecule has 0 fully saturated rings. The quantitative estimate of drug-likeness (QED) is 0.555. The third-order valence-electron chi connectivity index (χ3n) is 4.01. The number of rotatable bonds is 3. The van der Waals surface area contributed by atoms with Gasteiger partial charge >= 0.3 is 6.18 Å². The van der Waals surface area contributed by atoms with E-state index in [0.29, 0.717) is 21.7 Å². The van der Waals surface area contributed by atoms with E-state index in [1.165, 1.54) is 6.92 Å². The van der Waals surface area contributed by atoms with Gasteiger partial charge in [0.25, 0.3) is 11.6 Å². The van der Waals surface area contributed by atoms with E-state index in [2.05, 4.69) is 26.2 Å². The molecular weight excluding hydrogens is 431 g/mol. The Hall–Kier alpha value is -2.75. The first-order valence-electron chi connectivity index (χ1n) is 7.62. The molecule has 0 aromatic heterocycles. The third-order valence-corrected chi connectivity index (χ3v) is 4.51. The molecule has 10 heteroatoms. The number of benzene rings is 2. The molecule has 6 nitrogen and oxygen atoms in total. The summed E-state index contributed by atoms with van der Waals surface area (Å²) in [5.74, 6) is -0.272. The molecule has 1 atom stereocenters. The Morgan fingerprint density at radius 3 is 2.52 bits per heavy atom. The van der Waals surface area contributed by atoms with Crippen molar-refractivity contribution in [3.05, 3.63) is 73.2 Å². The van der Waals surface area contributed by atoms with E-state index >= 15 is 0 Å². The van der Waals surface area contributed by atoms with Crippen molar-refractivity contribution in [2.45, 2.75) is 19.1 Å². The van der Waals surface area contributed by atoms with Crippen LogP contribution in [0.1, 0.15) is 40.0 Å². The van der Waals surface area contributed by atoms with Crippen molar-refractivity contribution < 1.29 is 22.9 Å². The Morgan fingerprint density at radius 1 is 1.19 bits per heavy atom. The van der Waals surface area contributed by atoms with Crippen LogP contribution in [0.5, 0.6) is 0 Å². The van der Waals surface area contributed by atoms with Crippen molar-refractivity contribution in [1.82, 2.24) is 5.32 Å². The van der Waals surface area contributed by atoms with Gasteiger partial charge in [-0.05, 0) is 36.8 Å². The Labute approximate surface area is 159 Å². The lowest BCUT2D eigenvalue weighted by Gasteiger charge is -2.17. The van der Waals surface area contributed by atoms with E-state index in [9.17, 15) is 28.1 Å². The van der Waals surface area contributed by atoms with Gasteiger partial charge in [-0.1, -0.05) is 15.9 Å². The fourth-order valence-electron chi connectivity index (χ4n) is 2.67. The molecule has 0 bridgehead atoms. The average Bonchev–Trinajstić information content (AvgIpc) is 2.88. The van der Waals surface area contributed by atoms with Crippen molar-refractivity contribution in [1.29, 1.82) is 0 Å². The smallest absolute Gasteiger partial charge is 0.363 e. The van der Waals surface area contributed by atoms with Gasteiger partial charge in [-0.25, -0.2) is 0 Å². The summed E-state index contributed by atoms with van der Waals surface area (Å²) >= 11 is 3.29. The van der Waals surface area contributed by atoms with Gasteiger partial charge in [0.05, 0.1) is 22.1 Å². The van der Waals surface area contributed by atoms with Crippen LogP contribution >= 0.6 is 15.9 Å². The van der Waals surface area contributed by atoms with Crippen molar-refractivity contribution in [2.75, 3.05) is 0 Å². The van der Waals surface area contributed by atoms with Gasteiger partial charge < -0.3 is 5.32 Å². The minimum atomic E-state index is -4.72. The first-order valence-corrected chi connectivity index (χ1v) is 8.41. The summed E-state index contributed by atoms with van der Waals surface area (Å²) in [5, 5.41) is 13.9. The van der Waals surface area contributed by atoms with Crippen LogP contribution in [0.15, 0.2) is 45.9 Å². The molecule has 1 N–H and O–H groups in total. The highest BCUT2D eigenvalue weighted by Gasteiger charge is 2.33. The number of hydrogen-bond donors (Lipinski definition) is 1. The number of carbonyl (C=O) groups excluding carboxylic acids is 1. The molecule has 1 heterocycles. The zero-order chi connectivity index (χ0) is 19.9. The summed E-state index contributed by atoms with van der Waals surface area (Å²) in [5.41, 5.74) is -0.866. The predicted molar refractivity (Wildman–Crippen MR) is 94.7 cm³/mol. The van der Waals surface area contributed by atoms with Gasteiger partial charge in [-0.2, -0.15) is 18.2 Å². The van der Waals surface area contributed by atoms with Gasteiger partial charge in [-0.3, -0.25) is 14.9 Å². The molecule has 0 saturated carbocycles. The number of fused-ring (bicyclic) bond motifs is 1. The number of non-ortho nitro benzene ring substituents is 1. The van der Waals surface area contributed by atoms with Crippen LogP contribution in [0, 0.1) is 10.1 Å². The van der Waals surface area contributed by atoms with Crippen molar-refractivity contribution in [2.24, 2.45) is 4.99 Å². The van der Waals surface area contributed by atoms with E-state index < -0.39 is 34.3 Å². The molecule has 0 spiro atoms. The van der Waals surface area contributed by atoms with Crippen LogP contribution in [-0.2, 0) is 6.18 Å². The molecular formula is C17H11BrF3N3O3. The maximum atomic E-state index is 13.1. The summed E-state index contributed by atoms with van der Waals surface area (Å²) in [6.07, 6.45) is -4.72. The van der Waals surface area contributed by atoms with Crippen molar-refractivity contribution in [3.63, 3.8) is 0 Å². The maximum absolute atomic E-state index is 13.1. The zero-order valence-electron chi connectivity index (χ0n) is 13.7. The number of nitro benzene ring substituents is 1. The number of carbonyl (C=O) groups is 1. The van der Waals surface area contributed by atoms with Crippen LogP contribution in [0.4, 0.5) is 18.9 Å². The summed E-state index contributed by atoms with van der Waals surface area (Å²) in [6.45, 7) is 1.53. The van der Waals surface area contributed by atoms with E-state index in [1.54, 1.807) is 18.2 Å². The lowest BCUT2D eigenvalue weighted by Crippen LogP contribution is -2.27. The second-order valence-corrected chi connectivity index (χ2v) is 6.81. The first kappa shape index (κ1) is 19.0. The number of hydrogen-bond acceptors (Lipinski definition) is 4. The van der Waals surface area contributed by atoms with Gasteiger partial charge in [0, 0.05) is 22.2 Å². The SMILES string of the molecule is C[C@@H](NC1=NC(=O)c2ccc(Br)cc21)c1cc([N+](=O)[O-])cc(C(F)(F)F)c1. The van der Waals surface area contributed by atoms with E-state index in [-0.39, 0.29) is 11.4 Å². The summed E-state index contributed by atoms with van der Waals surface area (Å²) < 4.78 is 39.9. The summed E-state index contributed by atoms with van der Waals surface area (Å²) in [6, 6.07) is 6.54. The number of aliphatic imine (C=N–C) groups is 1. The molecule has 140 valence electrons. The fourth-order valence-corrected chi connectivity index (χ4v) is 3.03. The Balaban J connectivity index is 1.96. The number of alkyl halides is 3. The van der Waals surface area contributed by atoms with E-state index in [1.807, 2.05) is 0 Å². The Morgan fingerprint density at radius 2 is 1.89 bits per heavy atom. The Bertz CT molecular complexity index is 989. The molecule has 0 saturated heterocycles. The number of nitro groups is 1. The number of nitrogens with zero attached hydrogens (tertiary/aromatic N) is 2. The van der Waals surface area contributed by atoms with Crippen molar-refractivity contribution in [3.8, 4) is 0 Å². The summed E-state index contributed by atoms with van der Waals surface area (Å²) in [7, 11) is 0. The van der Waals surface area contributed by atoms with Gasteiger partial charge in [-0.15, -0.1) is 0 Å². The second-order valence-electron chi connectivity index (χ2n) is 5.89. The van der Waals surface area contributed by atoms with Crippen LogP contribution < -0.4 is 5.32 Å². The molecule has 3 rings (SSSR count). The van der Waals surface area contributed by atoms with Gasteiger partial charge in [0.2, 0.25) is 0 Å². The molecule has 0 unspecified atom stereocenters. The van der Waals surface area contributed by atoms with E-state index in [4.69, 9.17) is 0 Å². The Kier molecular flexibility index (Phi) is 4.77. The minimum absolute atomic E-state index is 0.0510. The van der Waals surface area contributed by atoms with Crippen LogP contribution in [0.3, 0.4) is 0 Å². The highest BCUT2D eigenvalue weighted by Crippen LogP contribution is 2.34. The molecule has 2 aromatic rings. The number of nitrogens with one attached hydrogen (secondary N) is 1. The molecule has 0 radical (unpaired) electrons. The first-order chi connectivity index (χ1) is 12.6. The van der Waals surface area contributed by atoms with Gasteiger partial charge in [0.1, 0.15) is 5.84 Å². The lowest BCUT2D eigenvalue weighted by molar-refractivity contribution is -0.385. The minimum Gasteiger partial charge on any atom is -0.363 e. The second kappa shape index (κ2) is 6.76. The molecule has 1 aliphatic heterocycles. The predicted octanol–water partition coefficient (Wildman–Crippen LogP) is 4.63. The molecule has 0 aliphatic carbocycles. The van der Waals surface area contributed by atoms with Crippen LogP contribution in [0.2, 0.25) is 0 Å². The molecule has 1 aliphatic rings. The van der Waals surface area contributed by atoms with Crippen molar-refractivity contribution >= 4 is 33.4 Å². The molecule has 2 aromatic carbocycles. The fraction of sp³-hybridized carbons (Fsp3) is 0.176. The molecule has 1 amide bonds. The van der Waals surface area contributed by atoms with Crippen LogP contribution in [0.25, 0.3) is 0 Å². The van der Waals surface area contributed by atoms with Gasteiger partial charge in [0.15, 0.2) is 0 Å². The molecule has 27 heavy (non-hydrogen) atoms. The number of amidine groups is 1. The lowest BCUT2D eigenvalue weighted by atomic mass is 10.0. The zero-order valence-corrected chi connectivity index (χ0v) is 15.3. The largest absolute Gasteiger partial charge is 0.416 e. The summed E-state index contributed by atoms with van der Waals surface area (Å²) in [4.78, 5) is 25.9. The number of halogens is 4. The van der Waals surface area contributed by atoms with E-state index in [0.717, 1.165) is 12.1 Å². The highest BCUT2D eigenvalue weighted by molar-refractivity contribution is 9.10. The maximum Gasteiger partial charge on any atom is 0.416 e. The standard InChI is InChI=1S/C17H11BrF3N3O3/c1-8(9-4-10(17(19,20)21)6-12(5-9)24(26)27)22-15-14-7-11(18)2-3-13(14)16(25)23-15/h2-8H,1H3,(H,22,23,25)/t8-/m1/s1.